The van der Waals surface area contributed by atoms with E-state index in [9.17, 15) is 9.59 Å². The molecule has 2 aromatic heterocycles. The highest BCUT2D eigenvalue weighted by Gasteiger charge is 2.06. The van der Waals surface area contributed by atoms with Gasteiger partial charge < -0.3 is 4.98 Å². The van der Waals surface area contributed by atoms with Crippen LogP contribution in [-0.2, 0) is 0 Å². The number of hydrogen-bond acceptors (Lipinski definition) is 2. The van der Waals surface area contributed by atoms with Crippen molar-refractivity contribution in [2.45, 2.75) is 6.92 Å². The Kier molecular flexibility index (Phi) is 1.55. The molecule has 0 aromatic carbocycles. The Hall–Kier alpha value is -1.84. The summed E-state index contributed by atoms with van der Waals surface area (Å²) in [4.78, 5) is 25.0. The minimum Gasteiger partial charge on any atom is -0.343 e. The van der Waals surface area contributed by atoms with Gasteiger partial charge in [-0.3, -0.25) is 14.0 Å². The van der Waals surface area contributed by atoms with E-state index in [-0.39, 0.29) is 5.56 Å². The lowest BCUT2D eigenvalue weighted by atomic mass is 10.4. The number of aldehydes is 1. The fraction of sp³-hybridized carbons (Fsp3) is 0.111. The number of H-pyrrole nitrogens is 1. The molecule has 1 N–H and O–H groups in total. The number of aryl methyl sites for hydroxylation is 1. The molecule has 0 unspecified atom stereocenters. The first kappa shape index (κ1) is 7.79. The molecule has 0 radical (unpaired) electrons. The van der Waals surface area contributed by atoms with Crippen molar-refractivity contribution in [2.24, 2.45) is 0 Å². The lowest BCUT2D eigenvalue weighted by Gasteiger charge is -1.91. The van der Waals surface area contributed by atoms with Gasteiger partial charge in [0.15, 0.2) is 6.29 Å². The number of nitrogens with zero attached hydrogens (tertiary/aromatic N) is 1. The van der Waals surface area contributed by atoms with Gasteiger partial charge in [-0.25, -0.2) is 0 Å². The number of fused-ring (bicyclic) bond motifs is 1. The normalized spacial score (nSPS) is 10.5. The quantitative estimate of drug-likeness (QED) is 0.652. The van der Waals surface area contributed by atoms with Crippen molar-refractivity contribution < 1.29 is 4.79 Å². The van der Waals surface area contributed by atoms with Crippen molar-refractivity contribution in [1.29, 1.82) is 0 Å². The molecule has 66 valence electrons. The summed E-state index contributed by atoms with van der Waals surface area (Å²) in [5.74, 6) is 0. The van der Waals surface area contributed by atoms with E-state index in [0.717, 1.165) is 0 Å². The lowest BCUT2D eigenvalue weighted by molar-refractivity contribution is 0.111. The van der Waals surface area contributed by atoms with Crippen LogP contribution in [0.2, 0.25) is 0 Å². The molecular weight excluding hydrogens is 168 g/mol. The molecule has 2 heterocycles. The standard InChI is InChI=1S/C9H8N2O2/c1-6-7(5-12)11-8(10-6)3-2-4-9(11)13/h2-5,10H,1H3. The maximum Gasteiger partial charge on any atom is 0.256 e. The van der Waals surface area contributed by atoms with E-state index in [1.807, 2.05) is 0 Å². The molecular formula is C9H8N2O2. The second-order valence-corrected chi connectivity index (χ2v) is 2.84. The second-order valence-electron chi connectivity index (χ2n) is 2.84. The van der Waals surface area contributed by atoms with Gasteiger partial charge in [0.2, 0.25) is 0 Å². The molecule has 2 rings (SSSR count). The highest BCUT2D eigenvalue weighted by Crippen LogP contribution is 2.05. The Bertz CT molecular complexity index is 522. The molecule has 0 saturated heterocycles. The van der Waals surface area contributed by atoms with Gasteiger partial charge in [-0.15, -0.1) is 0 Å². The molecule has 0 aliphatic heterocycles. The van der Waals surface area contributed by atoms with Gasteiger partial charge in [-0.1, -0.05) is 6.07 Å². The predicted octanol–water partition coefficient (Wildman–Crippen LogP) is 0.749. The van der Waals surface area contributed by atoms with E-state index in [1.165, 1.54) is 10.5 Å². The van der Waals surface area contributed by atoms with Crippen LogP contribution in [0.25, 0.3) is 5.65 Å². The van der Waals surface area contributed by atoms with Crippen molar-refractivity contribution in [1.82, 2.24) is 9.38 Å². The van der Waals surface area contributed by atoms with Gasteiger partial charge in [-0.2, -0.15) is 0 Å². The minimum absolute atomic E-state index is 0.191. The van der Waals surface area contributed by atoms with E-state index in [4.69, 9.17) is 0 Å². The summed E-state index contributed by atoms with van der Waals surface area (Å²) in [5, 5.41) is 0. The van der Waals surface area contributed by atoms with Crippen molar-refractivity contribution >= 4 is 11.9 Å². The molecule has 0 saturated carbocycles. The SMILES string of the molecule is Cc1[nH]c2cccc(=O)n2c1C=O. The maximum atomic E-state index is 11.4. The van der Waals surface area contributed by atoms with Crippen molar-refractivity contribution in [3.8, 4) is 0 Å². The molecule has 0 fully saturated rings. The molecule has 0 bridgehead atoms. The van der Waals surface area contributed by atoms with Crippen LogP contribution in [0.5, 0.6) is 0 Å². The Morgan fingerprint density at radius 1 is 1.46 bits per heavy atom. The summed E-state index contributed by atoms with van der Waals surface area (Å²) in [6.45, 7) is 1.76. The summed E-state index contributed by atoms with van der Waals surface area (Å²) in [5.41, 5.74) is 1.55. The van der Waals surface area contributed by atoms with Gasteiger partial charge in [0.1, 0.15) is 11.3 Å². The molecule has 13 heavy (non-hydrogen) atoms. The molecule has 0 amide bonds. The van der Waals surface area contributed by atoms with Crippen LogP contribution in [0.15, 0.2) is 23.0 Å². The Morgan fingerprint density at radius 2 is 2.23 bits per heavy atom. The molecule has 0 aliphatic rings. The van der Waals surface area contributed by atoms with E-state index in [1.54, 1.807) is 19.1 Å². The topological polar surface area (TPSA) is 54.3 Å². The van der Waals surface area contributed by atoms with Crippen LogP contribution in [0.1, 0.15) is 16.2 Å². The molecule has 0 aliphatic carbocycles. The fourth-order valence-corrected chi connectivity index (χ4v) is 1.40. The van der Waals surface area contributed by atoms with Crippen LogP contribution in [0.3, 0.4) is 0 Å². The van der Waals surface area contributed by atoms with E-state index in [0.29, 0.717) is 23.3 Å². The lowest BCUT2D eigenvalue weighted by Crippen LogP contribution is -2.12. The van der Waals surface area contributed by atoms with Gasteiger partial charge in [0.05, 0.1) is 0 Å². The molecule has 0 atom stereocenters. The monoisotopic (exact) mass is 176 g/mol. The number of imidazole rings is 1. The summed E-state index contributed by atoms with van der Waals surface area (Å²) in [6.07, 6.45) is 0.681. The van der Waals surface area contributed by atoms with Gasteiger partial charge >= 0.3 is 0 Å². The largest absolute Gasteiger partial charge is 0.343 e. The van der Waals surface area contributed by atoms with Crippen LogP contribution in [0, 0.1) is 6.92 Å². The maximum absolute atomic E-state index is 11.4. The van der Waals surface area contributed by atoms with Crippen molar-refractivity contribution in [3.05, 3.63) is 39.9 Å². The summed E-state index contributed by atoms with van der Waals surface area (Å²) in [6, 6.07) is 4.83. The van der Waals surface area contributed by atoms with Crippen molar-refractivity contribution in [2.75, 3.05) is 0 Å². The zero-order valence-corrected chi connectivity index (χ0v) is 7.07. The summed E-state index contributed by atoms with van der Waals surface area (Å²) in [7, 11) is 0. The molecule has 2 aromatic rings. The third-order valence-electron chi connectivity index (χ3n) is 2.01. The van der Waals surface area contributed by atoms with Gasteiger partial charge in [0, 0.05) is 11.8 Å². The Morgan fingerprint density at radius 3 is 2.92 bits per heavy atom. The second kappa shape index (κ2) is 2.58. The van der Waals surface area contributed by atoms with Gasteiger partial charge in [-0.05, 0) is 13.0 Å². The summed E-state index contributed by atoms with van der Waals surface area (Å²) < 4.78 is 1.36. The van der Waals surface area contributed by atoms with Crippen molar-refractivity contribution in [3.63, 3.8) is 0 Å². The Labute approximate surface area is 73.8 Å². The number of carbonyl (C=O) groups excluding carboxylic acids is 1. The first-order chi connectivity index (χ1) is 6.24. The zero-order valence-electron chi connectivity index (χ0n) is 7.07. The number of aromatic nitrogens is 2. The number of nitrogens with one attached hydrogen (secondary N) is 1. The third kappa shape index (κ3) is 0.989. The van der Waals surface area contributed by atoms with E-state index in [2.05, 4.69) is 4.98 Å². The number of aromatic amines is 1. The van der Waals surface area contributed by atoms with E-state index < -0.39 is 0 Å². The van der Waals surface area contributed by atoms with Gasteiger partial charge in [0.25, 0.3) is 5.56 Å². The summed E-state index contributed by atoms with van der Waals surface area (Å²) >= 11 is 0. The average molecular weight is 176 g/mol. The zero-order chi connectivity index (χ0) is 9.42. The van der Waals surface area contributed by atoms with Crippen LogP contribution in [0.4, 0.5) is 0 Å². The number of rotatable bonds is 1. The number of carbonyl (C=O) groups is 1. The van der Waals surface area contributed by atoms with Crippen LogP contribution in [-0.4, -0.2) is 15.7 Å². The highest BCUT2D eigenvalue weighted by atomic mass is 16.1. The smallest absolute Gasteiger partial charge is 0.256 e. The number of pyridine rings is 1. The minimum atomic E-state index is -0.191. The number of hydrogen-bond donors (Lipinski definition) is 1. The fourth-order valence-electron chi connectivity index (χ4n) is 1.40. The highest BCUT2D eigenvalue weighted by molar-refractivity contribution is 5.76. The first-order valence-electron chi connectivity index (χ1n) is 3.89. The molecule has 4 nitrogen and oxygen atoms in total. The molecule has 4 heteroatoms. The molecule has 0 spiro atoms. The van der Waals surface area contributed by atoms with Crippen LogP contribution < -0.4 is 5.56 Å². The van der Waals surface area contributed by atoms with E-state index >= 15 is 0 Å². The van der Waals surface area contributed by atoms with Crippen LogP contribution >= 0.6 is 0 Å². The average Bonchev–Trinajstić information content (AvgIpc) is 2.42. The Balaban J connectivity index is 3.05. The first-order valence-corrected chi connectivity index (χ1v) is 3.89. The predicted molar refractivity (Wildman–Crippen MR) is 48.1 cm³/mol. The third-order valence-corrected chi connectivity index (χ3v) is 2.01.